The maximum Gasteiger partial charge on any atom is 0.159 e. The molecule has 1 aromatic rings. The summed E-state index contributed by atoms with van der Waals surface area (Å²) >= 11 is 0. The van der Waals surface area contributed by atoms with E-state index in [4.69, 9.17) is 10.5 Å². The van der Waals surface area contributed by atoms with Crippen LogP contribution in [0.5, 0.6) is 5.75 Å². The molecule has 1 atom stereocenters. The summed E-state index contributed by atoms with van der Waals surface area (Å²) in [6.45, 7) is 5.11. The molecule has 0 bridgehead atoms. The van der Waals surface area contributed by atoms with Crippen molar-refractivity contribution in [1.82, 2.24) is 9.78 Å². The van der Waals surface area contributed by atoms with E-state index in [-0.39, 0.29) is 6.04 Å². The van der Waals surface area contributed by atoms with Gasteiger partial charge in [0, 0.05) is 12.6 Å². The third-order valence-corrected chi connectivity index (χ3v) is 2.40. The number of aromatic nitrogens is 2. The minimum Gasteiger partial charge on any atom is -0.493 e. The summed E-state index contributed by atoms with van der Waals surface area (Å²) in [6.07, 6.45) is 4.76. The van der Waals surface area contributed by atoms with E-state index in [1.165, 1.54) is 0 Å². The minimum absolute atomic E-state index is 0.222. The predicted octanol–water partition coefficient (Wildman–Crippen LogP) is 1.58. The zero-order valence-electron chi connectivity index (χ0n) is 9.86. The third-order valence-electron chi connectivity index (χ3n) is 2.40. The van der Waals surface area contributed by atoms with Crippen LogP contribution in [0.15, 0.2) is 6.20 Å². The summed E-state index contributed by atoms with van der Waals surface area (Å²) in [4.78, 5) is 0. The van der Waals surface area contributed by atoms with Gasteiger partial charge in [-0.3, -0.25) is 4.68 Å². The number of nitrogens with zero attached hydrogens (tertiary/aromatic N) is 2. The summed E-state index contributed by atoms with van der Waals surface area (Å²) in [5, 5.41) is 4.31. The molecule has 4 nitrogen and oxygen atoms in total. The average molecular weight is 211 g/mol. The first-order chi connectivity index (χ1) is 7.19. The van der Waals surface area contributed by atoms with Crippen molar-refractivity contribution < 1.29 is 4.74 Å². The van der Waals surface area contributed by atoms with Crippen LogP contribution in [0.3, 0.4) is 0 Å². The van der Waals surface area contributed by atoms with Crippen LogP contribution >= 0.6 is 0 Å². The van der Waals surface area contributed by atoms with Crippen LogP contribution in [0.4, 0.5) is 0 Å². The number of methoxy groups -OCH3 is 1. The Morgan fingerprint density at radius 2 is 2.33 bits per heavy atom. The first-order valence-electron chi connectivity index (χ1n) is 5.53. The van der Waals surface area contributed by atoms with Gasteiger partial charge >= 0.3 is 0 Å². The SMILES string of the molecule is CCCn1ncc(OC)c1CCC(C)N. The Morgan fingerprint density at radius 3 is 2.87 bits per heavy atom. The van der Waals surface area contributed by atoms with Crippen molar-refractivity contribution >= 4 is 0 Å². The van der Waals surface area contributed by atoms with Crippen LogP contribution in [0.1, 0.15) is 32.4 Å². The maximum absolute atomic E-state index is 5.75. The zero-order chi connectivity index (χ0) is 11.3. The second kappa shape index (κ2) is 5.75. The van der Waals surface area contributed by atoms with Crippen molar-refractivity contribution in [2.75, 3.05) is 7.11 Å². The van der Waals surface area contributed by atoms with Gasteiger partial charge in [0.25, 0.3) is 0 Å². The van der Waals surface area contributed by atoms with Crippen molar-refractivity contribution in [2.24, 2.45) is 5.73 Å². The lowest BCUT2D eigenvalue weighted by Gasteiger charge is -2.09. The highest BCUT2D eigenvalue weighted by atomic mass is 16.5. The lowest BCUT2D eigenvalue weighted by atomic mass is 10.1. The van der Waals surface area contributed by atoms with E-state index in [2.05, 4.69) is 12.0 Å². The van der Waals surface area contributed by atoms with Gasteiger partial charge < -0.3 is 10.5 Å². The van der Waals surface area contributed by atoms with Gasteiger partial charge in [-0.15, -0.1) is 0 Å². The molecule has 2 N–H and O–H groups in total. The fourth-order valence-electron chi connectivity index (χ4n) is 1.59. The van der Waals surface area contributed by atoms with Gasteiger partial charge in [0.2, 0.25) is 0 Å². The second-order valence-corrected chi connectivity index (χ2v) is 3.90. The van der Waals surface area contributed by atoms with E-state index in [1.54, 1.807) is 13.3 Å². The molecule has 0 saturated carbocycles. The van der Waals surface area contributed by atoms with Gasteiger partial charge in [0.15, 0.2) is 5.75 Å². The summed E-state index contributed by atoms with van der Waals surface area (Å²) in [6, 6.07) is 0.222. The molecule has 0 fully saturated rings. The smallest absolute Gasteiger partial charge is 0.159 e. The summed E-state index contributed by atoms with van der Waals surface area (Å²) < 4.78 is 7.30. The molecule has 86 valence electrons. The monoisotopic (exact) mass is 211 g/mol. The van der Waals surface area contributed by atoms with Crippen molar-refractivity contribution in [3.05, 3.63) is 11.9 Å². The standard InChI is InChI=1S/C11H21N3O/c1-4-7-14-10(6-5-9(2)12)11(15-3)8-13-14/h8-9H,4-7,12H2,1-3H3. The molecule has 0 saturated heterocycles. The van der Waals surface area contributed by atoms with Gasteiger partial charge in [0.05, 0.1) is 19.0 Å². The molecule has 0 aliphatic rings. The molecule has 0 amide bonds. The summed E-state index contributed by atoms with van der Waals surface area (Å²) in [5.74, 6) is 0.879. The highest BCUT2D eigenvalue weighted by molar-refractivity contribution is 5.25. The first-order valence-corrected chi connectivity index (χ1v) is 5.53. The Kier molecular flexibility index (Phi) is 4.62. The average Bonchev–Trinajstić information content (AvgIpc) is 2.58. The third kappa shape index (κ3) is 3.23. The number of hydrogen-bond donors (Lipinski definition) is 1. The van der Waals surface area contributed by atoms with Crippen molar-refractivity contribution in [1.29, 1.82) is 0 Å². The lowest BCUT2D eigenvalue weighted by Crippen LogP contribution is -2.17. The molecule has 0 spiro atoms. The van der Waals surface area contributed by atoms with Crippen molar-refractivity contribution in [2.45, 2.75) is 45.7 Å². The van der Waals surface area contributed by atoms with E-state index >= 15 is 0 Å². The van der Waals surface area contributed by atoms with E-state index in [9.17, 15) is 0 Å². The highest BCUT2D eigenvalue weighted by Crippen LogP contribution is 2.19. The van der Waals surface area contributed by atoms with Crippen LogP contribution in [-0.2, 0) is 13.0 Å². The van der Waals surface area contributed by atoms with Crippen molar-refractivity contribution in [3.63, 3.8) is 0 Å². The van der Waals surface area contributed by atoms with E-state index in [0.29, 0.717) is 0 Å². The van der Waals surface area contributed by atoms with E-state index in [1.807, 2.05) is 11.6 Å². The number of hydrogen-bond acceptors (Lipinski definition) is 3. The fourth-order valence-corrected chi connectivity index (χ4v) is 1.59. The number of aryl methyl sites for hydroxylation is 1. The normalized spacial score (nSPS) is 12.8. The number of rotatable bonds is 6. The van der Waals surface area contributed by atoms with E-state index < -0.39 is 0 Å². The van der Waals surface area contributed by atoms with Crippen molar-refractivity contribution in [3.8, 4) is 5.75 Å². The molecule has 1 unspecified atom stereocenters. The number of ether oxygens (including phenoxy) is 1. The fraction of sp³-hybridized carbons (Fsp3) is 0.727. The molecule has 0 aliphatic heterocycles. The Balaban J connectivity index is 2.75. The van der Waals surface area contributed by atoms with Crippen LogP contribution in [-0.4, -0.2) is 22.9 Å². The second-order valence-electron chi connectivity index (χ2n) is 3.90. The molecular formula is C11H21N3O. The van der Waals surface area contributed by atoms with Crippen LogP contribution in [0.2, 0.25) is 0 Å². The molecule has 4 heteroatoms. The first kappa shape index (κ1) is 12.0. The van der Waals surface area contributed by atoms with Gasteiger partial charge in [-0.05, 0) is 26.2 Å². The molecule has 0 aliphatic carbocycles. The molecule has 0 aromatic carbocycles. The molecule has 1 aromatic heterocycles. The zero-order valence-corrected chi connectivity index (χ0v) is 9.86. The summed E-state index contributed by atoms with van der Waals surface area (Å²) in [7, 11) is 1.68. The van der Waals surface area contributed by atoms with Gasteiger partial charge in [-0.2, -0.15) is 5.10 Å². The van der Waals surface area contributed by atoms with E-state index in [0.717, 1.165) is 37.3 Å². The molecule has 1 rings (SSSR count). The number of nitrogens with two attached hydrogens (primary N) is 1. The highest BCUT2D eigenvalue weighted by Gasteiger charge is 2.11. The van der Waals surface area contributed by atoms with Crippen LogP contribution in [0.25, 0.3) is 0 Å². The molecule has 0 radical (unpaired) electrons. The Morgan fingerprint density at radius 1 is 1.60 bits per heavy atom. The van der Waals surface area contributed by atoms with Gasteiger partial charge in [-0.25, -0.2) is 0 Å². The van der Waals surface area contributed by atoms with Gasteiger partial charge in [-0.1, -0.05) is 6.92 Å². The Bertz CT molecular complexity index is 294. The Hall–Kier alpha value is -1.03. The predicted molar refractivity (Wildman–Crippen MR) is 61.0 cm³/mol. The largest absolute Gasteiger partial charge is 0.493 e. The molecule has 1 heterocycles. The summed E-state index contributed by atoms with van der Waals surface area (Å²) in [5.41, 5.74) is 6.92. The van der Waals surface area contributed by atoms with Crippen LogP contribution in [0, 0.1) is 0 Å². The minimum atomic E-state index is 0.222. The molecule has 15 heavy (non-hydrogen) atoms. The lowest BCUT2D eigenvalue weighted by molar-refractivity contribution is 0.405. The maximum atomic E-state index is 5.75. The topological polar surface area (TPSA) is 53.1 Å². The Labute approximate surface area is 91.4 Å². The quantitative estimate of drug-likeness (QED) is 0.777. The molecular weight excluding hydrogens is 190 g/mol. The van der Waals surface area contributed by atoms with Gasteiger partial charge in [0.1, 0.15) is 0 Å². The van der Waals surface area contributed by atoms with Crippen LogP contribution < -0.4 is 10.5 Å².